The van der Waals surface area contributed by atoms with Crippen molar-refractivity contribution in [2.45, 2.75) is 45.7 Å². The van der Waals surface area contributed by atoms with Gasteiger partial charge in [0.1, 0.15) is 5.76 Å². The first-order chi connectivity index (χ1) is 17.2. The summed E-state index contributed by atoms with van der Waals surface area (Å²) >= 11 is 0. The molecule has 0 aliphatic carbocycles. The van der Waals surface area contributed by atoms with Crippen LogP contribution in [0.1, 0.15) is 54.6 Å². The summed E-state index contributed by atoms with van der Waals surface area (Å²) < 4.78 is 0. The molecule has 36 heavy (non-hydrogen) atoms. The summed E-state index contributed by atoms with van der Waals surface area (Å²) in [6.45, 7) is 8.38. The van der Waals surface area contributed by atoms with E-state index in [2.05, 4.69) is 30.7 Å². The highest BCUT2D eigenvalue weighted by Gasteiger charge is 2.47. The number of aliphatic hydroxyl groups is 1. The highest BCUT2D eigenvalue weighted by molar-refractivity contribution is 6.46. The summed E-state index contributed by atoms with van der Waals surface area (Å²) in [5.41, 5.74) is 4.83. The first-order valence-corrected chi connectivity index (χ1v) is 12.0. The molecule has 0 spiro atoms. The third-order valence-corrected chi connectivity index (χ3v) is 6.89. The van der Waals surface area contributed by atoms with Crippen LogP contribution in [0.25, 0.3) is 16.7 Å². The minimum atomic E-state index is -0.751. The number of hydrogen-bond acceptors (Lipinski definition) is 4. The Hall–Kier alpha value is -4.19. The maximum absolute atomic E-state index is 13.5. The number of aromatic amines is 1. The molecule has 3 heterocycles. The molecule has 2 aromatic carbocycles. The number of aliphatic hydroxyl groups excluding tert-OH is 1. The zero-order chi connectivity index (χ0) is 25.6. The van der Waals surface area contributed by atoms with Gasteiger partial charge in [-0.2, -0.15) is 0 Å². The molecule has 1 aliphatic heterocycles. The van der Waals surface area contributed by atoms with Crippen LogP contribution in [0.3, 0.4) is 0 Å². The van der Waals surface area contributed by atoms with E-state index in [0.717, 1.165) is 33.2 Å². The van der Waals surface area contributed by atoms with E-state index in [1.165, 1.54) is 4.90 Å². The molecule has 0 radical (unpaired) electrons. The molecular formula is C30H29N3O3. The Morgan fingerprint density at radius 3 is 2.58 bits per heavy atom. The van der Waals surface area contributed by atoms with Gasteiger partial charge in [-0.15, -0.1) is 0 Å². The number of amides is 1. The third kappa shape index (κ3) is 3.98. The fraction of sp³-hybridized carbons (Fsp3) is 0.233. The molecule has 1 aliphatic rings. The average Bonchev–Trinajstić information content (AvgIpc) is 3.38. The van der Waals surface area contributed by atoms with Gasteiger partial charge in [0.2, 0.25) is 0 Å². The maximum Gasteiger partial charge on any atom is 0.295 e. The summed E-state index contributed by atoms with van der Waals surface area (Å²) in [6.07, 6.45) is 5.17. The lowest BCUT2D eigenvalue weighted by Gasteiger charge is -2.25. The van der Waals surface area contributed by atoms with Gasteiger partial charge in [-0.05, 0) is 47.2 Å². The molecule has 0 bridgehead atoms. The number of nitrogens with one attached hydrogen (secondary N) is 1. The molecule has 2 aromatic heterocycles. The second-order valence-electron chi connectivity index (χ2n) is 10.4. The average molecular weight is 480 g/mol. The molecule has 5 rings (SSSR count). The first kappa shape index (κ1) is 23.5. The highest BCUT2D eigenvalue weighted by atomic mass is 16.3. The number of Topliss-reactive ketones (excluding diaryl/α,β-unsaturated/α-hetero) is 1. The molecule has 1 amide bonds. The Morgan fingerprint density at radius 1 is 1.08 bits per heavy atom. The molecule has 182 valence electrons. The summed E-state index contributed by atoms with van der Waals surface area (Å²) in [6, 6.07) is 16.6. The van der Waals surface area contributed by atoms with Gasteiger partial charge in [-0.3, -0.25) is 14.6 Å². The van der Waals surface area contributed by atoms with Gasteiger partial charge >= 0.3 is 0 Å². The van der Waals surface area contributed by atoms with Gasteiger partial charge in [0.05, 0.1) is 11.6 Å². The highest BCUT2D eigenvalue weighted by Crippen LogP contribution is 2.43. The number of aromatic nitrogens is 2. The van der Waals surface area contributed by atoms with Crippen molar-refractivity contribution >= 4 is 28.4 Å². The molecule has 4 aromatic rings. The van der Waals surface area contributed by atoms with Crippen LogP contribution in [0.2, 0.25) is 0 Å². The second-order valence-corrected chi connectivity index (χ2v) is 10.4. The van der Waals surface area contributed by atoms with Crippen LogP contribution in [0.15, 0.2) is 78.8 Å². The number of aryl methyl sites for hydroxylation is 1. The van der Waals surface area contributed by atoms with E-state index in [4.69, 9.17) is 0 Å². The minimum absolute atomic E-state index is 0.0998. The molecular weight excluding hydrogens is 450 g/mol. The lowest BCUT2D eigenvalue weighted by atomic mass is 9.84. The Morgan fingerprint density at radius 2 is 1.86 bits per heavy atom. The third-order valence-electron chi connectivity index (χ3n) is 6.89. The van der Waals surface area contributed by atoms with Gasteiger partial charge in [-0.1, -0.05) is 57.2 Å². The predicted molar refractivity (Wildman–Crippen MR) is 140 cm³/mol. The first-order valence-electron chi connectivity index (χ1n) is 12.0. The van der Waals surface area contributed by atoms with Crippen LogP contribution in [-0.2, 0) is 21.5 Å². The number of para-hydroxylation sites is 1. The fourth-order valence-corrected chi connectivity index (χ4v) is 4.86. The smallest absolute Gasteiger partial charge is 0.295 e. The van der Waals surface area contributed by atoms with E-state index in [-0.39, 0.29) is 23.3 Å². The van der Waals surface area contributed by atoms with Crippen molar-refractivity contribution < 1.29 is 14.7 Å². The minimum Gasteiger partial charge on any atom is -0.507 e. The molecule has 1 atom stereocenters. The summed E-state index contributed by atoms with van der Waals surface area (Å²) in [7, 11) is 0. The van der Waals surface area contributed by atoms with Crippen molar-refractivity contribution in [2.24, 2.45) is 0 Å². The van der Waals surface area contributed by atoms with Gasteiger partial charge in [0.25, 0.3) is 11.7 Å². The molecule has 1 fully saturated rings. The largest absolute Gasteiger partial charge is 0.507 e. The number of carbonyl (C=O) groups is 2. The number of rotatable bonds is 4. The van der Waals surface area contributed by atoms with Crippen molar-refractivity contribution in [3.63, 3.8) is 0 Å². The van der Waals surface area contributed by atoms with E-state index in [1.54, 1.807) is 18.5 Å². The number of ketones is 1. The number of nitrogens with zero attached hydrogens (tertiary/aromatic N) is 2. The Balaban J connectivity index is 1.74. The molecule has 6 heteroatoms. The molecule has 6 nitrogen and oxygen atoms in total. The lowest BCUT2D eigenvalue weighted by molar-refractivity contribution is -0.140. The summed E-state index contributed by atoms with van der Waals surface area (Å²) in [4.78, 5) is 35.9. The lowest BCUT2D eigenvalue weighted by Crippen LogP contribution is -2.29. The number of pyridine rings is 1. The van der Waals surface area contributed by atoms with Crippen molar-refractivity contribution in [2.75, 3.05) is 0 Å². The molecule has 2 N–H and O–H groups in total. The van der Waals surface area contributed by atoms with Crippen LogP contribution < -0.4 is 0 Å². The van der Waals surface area contributed by atoms with Gasteiger partial charge < -0.3 is 15.0 Å². The Bertz CT molecular complexity index is 1510. The predicted octanol–water partition coefficient (Wildman–Crippen LogP) is 5.79. The van der Waals surface area contributed by atoms with E-state index >= 15 is 0 Å². The number of carbonyl (C=O) groups excluding carboxylic acids is 2. The van der Waals surface area contributed by atoms with Gasteiger partial charge in [0.15, 0.2) is 0 Å². The summed E-state index contributed by atoms with van der Waals surface area (Å²) in [5.74, 6) is -1.48. The maximum atomic E-state index is 13.5. The van der Waals surface area contributed by atoms with E-state index in [0.29, 0.717) is 5.56 Å². The van der Waals surface area contributed by atoms with Crippen LogP contribution in [0.4, 0.5) is 0 Å². The van der Waals surface area contributed by atoms with Crippen molar-refractivity contribution in [3.05, 3.63) is 107 Å². The zero-order valence-corrected chi connectivity index (χ0v) is 20.9. The number of fused-ring (bicyclic) bond motifs is 1. The topological polar surface area (TPSA) is 86.3 Å². The monoisotopic (exact) mass is 479 g/mol. The second kappa shape index (κ2) is 8.79. The van der Waals surface area contributed by atoms with Crippen molar-refractivity contribution in [1.82, 2.24) is 14.9 Å². The SMILES string of the molecule is Cc1ccc(C(C)(C)C)cc1/C(O)=C1\C(=O)C(=O)N(Cc2cccnc2)C1c1c[nH]c2ccccc12. The number of H-pyrrole nitrogens is 1. The molecule has 1 saturated heterocycles. The van der Waals surface area contributed by atoms with Crippen LogP contribution >= 0.6 is 0 Å². The normalized spacial score (nSPS) is 17.8. The van der Waals surface area contributed by atoms with Gasteiger partial charge in [-0.25, -0.2) is 0 Å². The van der Waals surface area contributed by atoms with Crippen LogP contribution in [0, 0.1) is 6.92 Å². The van der Waals surface area contributed by atoms with Crippen LogP contribution in [-0.4, -0.2) is 31.7 Å². The van der Waals surface area contributed by atoms with Crippen LogP contribution in [0.5, 0.6) is 0 Å². The number of hydrogen-bond donors (Lipinski definition) is 2. The quantitative estimate of drug-likeness (QED) is 0.220. The van der Waals surface area contributed by atoms with Crippen molar-refractivity contribution in [1.29, 1.82) is 0 Å². The number of benzene rings is 2. The standard InChI is InChI=1S/C30H29N3O3/c1-18-11-12-20(30(2,3)4)14-22(18)27(34)25-26(23-16-32-24-10-6-5-9-21(23)24)33(29(36)28(25)35)17-19-8-7-13-31-15-19/h5-16,26,32,34H,17H2,1-4H3/b27-25+. The van der Waals surface area contributed by atoms with Gasteiger partial charge in [0, 0.05) is 47.2 Å². The van der Waals surface area contributed by atoms with Crippen molar-refractivity contribution in [3.8, 4) is 0 Å². The molecule has 1 unspecified atom stereocenters. The van der Waals surface area contributed by atoms with E-state index in [1.807, 2.05) is 61.7 Å². The van der Waals surface area contributed by atoms with E-state index < -0.39 is 17.7 Å². The molecule has 0 saturated carbocycles. The Labute approximate surface area is 210 Å². The fourth-order valence-electron chi connectivity index (χ4n) is 4.86. The Kier molecular flexibility index (Phi) is 5.75. The summed E-state index contributed by atoms with van der Waals surface area (Å²) in [5, 5.41) is 12.6. The number of likely N-dealkylation sites (tertiary alicyclic amines) is 1. The zero-order valence-electron chi connectivity index (χ0n) is 20.9. The van der Waals surface area contributed by atoms with E-state index in [9.17, 15) is 14.7 Å².